The normalized spacial score (nSPS) is 24.6. The molecule has 2 fully saturated rings. The van der Waals surface area contributed by atoms with E-state index in [-0.39, 0.29) is 0 Å². The summed E-state index contributed by atoms with van der Waals surface area (Å²) >= 11 is 5.92. The van der Waals surface area contributed by atoms with Crippen molar-refractivity contribution in [3.05, 3.63) is 71.8 Å². The number of thiocarbonyl (C=S) groups is 1. The van der Waals surface area contributed by atoms with Crippen molar-refractivity contribution in [1.82, 2.24) is 9.80 Å². The van der Waals surface area contributed by atoms with Gasteiger partial charge in [0.15, 0.2) is 0 Å². The third-order valence-electron chi connectivity index (χ3n) is 5.64. The molecule has 2 aromatic rings. The first-order valence-electron chi connectivity index (χ1n) is 9.43. The highest BCUT2D eigenvalue weighted by molar-refractivity contribution is 7.80. The van der Waals surface area contributed by atoms with E-state index in [9.17, 15) is 0 Å². The molecule has 2 nitrogen and oxygen atoms in total. The van der Waals surface area contributed by atoms with Crippen LogP contribution in [0.4, 0.5) is 0 Å². The molecule has 0 radical (unpaired) electrons. The topological polar surface area (TPSA) is 6.48 Å². The van der Waals surface area contributed by atoms with Crippen molar-refractivity contribution in [3.63, 3.8) is 0 Å². The predicted molar refractivity (Wildman–Crippen MR) is 108 cm³/mol. The third kappa shape index (κ3) is 3.78. The average molecular weight is 351 g/mol. The quantitative estimate of drug-likeness (QED) is 0.730. The van der Waals surface area contributed by atoms with E-state index >= 15 is 0 Å². The lowest BCUT2D eigenvalue weighted by Gasteiger charge is -2.44. The predicted octanol–water partition coefficient (Wildman–Crippen LogP) is 4.82. The van der Waals surface area contributed by atoms with Crippen LogP contribution in [0.15, 0.2) is 60.7 Å². The SMILES string of the molecule is S=C1C[C@H](N2CCCC2)C[C@@H](c2ccccc2)N1Cc1ccccc1. The molecule has 0 bridgehead atoms. The summed E-state index contributed by atoms with van der Waals surface area (Å²) in [7, 11) is 0. The lowest BCUT2D eigenvalue weighted by molar-refractivity contribution is 0.154. The van der Waals surface area contributed by atoms with Gasteiger partial charge >= 0.3 is 0 Å². The second-order valence-electron chi connectivity index (χ2n) is 7.27. The van der Waals surface area contributed by atoms with E-state index in [1.54, 1.807) is 0 Å². The minimum absolute atomic E-state index is 0.383. The highest BCUT2D eigenvalue weighted by Crippen LogP contribution is 2.36. The fourth-order valence-electron chi connectivity index (χ4n) is 4.32. The van der Waals surface area contributed by atoms with E-state index in [4.69, 9.17) is 12.2 Å². The fraction of sp³-hybridized carbons (Fsp3) is 0.409. The van der Waals surface area contributed by atoms with Gasteiger partial charge in [0, 0.05) is 19.0 Å². The molecule has 3 heteroatoms. The van der Waals surface area contributed by atoms with Gasteiger partial charge in [0.05, 0.1) is 11.0 Å². The first kappa shape index (κ1) is 16.7. The van der Waals surface area contributed by atoms with Crippen LogP contribution in [-0.4, -0.2) is 33.9 Å². The summed E-state index contributed by atoms with van der Waals surface area (Å²) in [4.78, 5) is 6.26. The van der Waals surface area contributed by atoms with Crippen LogP contribution in [0.1, 0.15) is 42.9 Å². The number of hydrogen-bond donors (Lipinski definition) is 0. The third-order valence-corrected chi connectivity index (χ3v) is 6.04. The molecule has 0 amide bonds. The van der Waals surface area contributed by atoms with Gasteiger partial charge in [0.1, 0.15) is 0 Å². The zero-order valence-corrected chi connectivity index (χ0v) is 15.5. The Balaban J connectivity index is 1.60. The van der Waals surface area contributed by atoms with Gasteiger partial charge in [-0.25, -0.2) is 0 Å². The summed E-state index contributed by atoms with van der Waals surface area (Å²) in [6.07, 6.45) is 4.89. The summed E-state index contributed by atoms with van der Waals surface area (Å²) in [5.41, 5.74) is 2.73. The molecule has 0 saturated carbocycles. The molecule has 130 valence electrons. The van der Waals surface area contributed by atoms with Crippen molar-refractivity contribution < 1.29 is 0 Å². The summed E-state index contributed by atoms with van der Waals surface area (Å²) in [5, 5.41) is 0. The molecular weight excluding hydrogens is 324 g/mol. The van der Waals surface area contributed by atoms with Crippen molar-refractivity contribution in [3.8, 4) is 0 Å². The van der Waals surface area contributed by atoms with Crippen LogP contribution in [0.25, 0.3) is 0 Å². The molecule has 2 aromatic carbocycles. The Kier molecular flexibility index (Phi) is 5.14. The second kappa shape index (κ2) is 7.67. The smallest absolute Gasteiger partial charge is 0.0803 e. The molecule has 2 saturated heterocycles. The van der Waals surface area contributed by atoms with Crippen molar-refractivity contribution in [2.75, 3.05) is 13.1 Å². The fourth-order valence-corrected chi connectivity index (χ4v) is 4.70. The molecule has 2 aliphatic rings. The minimum atomic E-state index is 0.383. The maximum absolute atomic E-state index is 5.92. The summed E-state index contributed by atoms with van der Waals surface area (Å²) in [6, 6.07) is 22.6. The highest BCUT2D eigenvalue weighted by atomic mass is 32.1. The molecule has 0 aromatic heterocycles. The van der Waals surface area contributed by atoms with Crippen LogP contribution in [0.5, 0.6) is 0 Å². The Labute approximate surface area is 156 Å². The van der Waals surface area contributed by atoms with E-state index in [1.165, 1.54) is 43.5 Å². The maximum Gasteiger partial charge on any atom is 0.0803 e. The zero-order chi connectivity index (χ0) is 17.1. The van der Waals surface area contributed by atoms with Crippen molar-refractivity contribution in [2.24, 2.45) is 0 Å². The number of benzene rings is 2. The second-order valence-corrected chi connectivity index (χ2v) is 7.74. The van der Waals surface area contributed by atoms with Gasteiger partial charge in [0.25, 0.3) is 0 Å². The molecule has 0 unspecified atom stereocenters. The maximum atomic E-state index is 5.92. The summed E-state index contributed by atoms with van der Waals surface area (Å²) < 4.78 is 0. The largest absolute Gasteiger partial charge is 0.355 e. The standard InChI is InChI=1S/C22H26N2S/c25-22-16-20(23-13-7-8-14-23)15-21(19-11-5-2-6-12-19)24(22)17-18-9-3-1-4-10-18/h1-6,9-12,20-21H,7-8,13-17H2/t20-,21+/m1/s1. The Bertz CT molecular complexity index is 694. The monoisotopic (exact) mass is 350 g/mol. The van der Waals surface area contributed by atoms with Crippen LogP contribution in [0, 0.1) is 0 Å². The molecule has 2 heterocycles. The van der Waals surface area contributed by atoms with Gasteiger partial charge in [-0.15, -0.1) is 0 Å². The van der Waals surface area contributed by atoms with E-state index in [1.807, 2.05) is 0 Å². The van der Waals surface area contributed by atoms with Gasteiger partial charge in [-0.1, -0.05) is 72.9 Å². The molecule has 0 aliphatic carbocycles. The van der Waals surface area contributed by atoms with Gasteiger partial charge in [-0.05, 0) is 43.5 Å². The van der Waals surface area contributed by atoms with E-state index in [0.717, 1.165) is 18.0 Å². The average Bonchev–Trinajstić information content (AvgIpc) is 3.19. The van der Waals surface area contributed by atoms with Crippen LogP contribution in [0.3, 0.4) is 0 Å². The van der Waals surface area contributed by atoms with Gasteiger partial charge < -0.3 is 4.90 Å². The van der Waals surface area contributed by atoms with E-state index < -0.39 is 0 Å². The van der Waals surface area contributed by atoms with Crippen molar-refractivity contribution >= 4 is 17.2 Å². The Morgan fingerprint density at radius 1 is 0.880 bits per heavy atom. The van der Waals surface area contributed by atoms with Crippen molar-refractivity contribution in [2.45, 2.75) is 44.3 Å². The number of likely N-dealkylation sites (tertiary alicyclic amines) is 2. The van der Waals surface area contributed by atoms with E-state index in [0.29, 0.717) is 12.1 Å². The molecule has 2 aliphatic heterocycles. The zero-order valence-electron chi connectivity index (χ0n) is 14.7. The van der Waals surface area contributed by atoms with Gasteiger partial charge in [-0.2, -0.15) is 0 Å². The van der Waals surface area contributed by atoms with Crippen LogP contribution in [-0.2, 0) is 6.54 Å². The Morgan fingerprint density at radius 2 is 1.52 bits per heavy atom. The summed E-state index contributed by atoms with van der Waals surface area (Å²) in [6.45, 7) is 3.40. The first-order chi connectivity index (χ1) is 12.3. The lowest BCUT2D eigenvalue weighted by Crippen LogP contribution is -2.47. The van der Waals surface area contributed by atoms with Gasteiger partial charge in [-0.3, -0.25) is 4.90 Å². The highest BCUT2D eigenvalue weighted by Gasteiger charge is 2.35. The summed E-state index contributed by atoms with van der Waals surface area (Å²) in [5.74, 6) is 0. The van der Waals surface area contributed by atoms with Crippen molar-refractivity contribution in [1.29, 1.82) is 0 Å². The molecule has 2 atom stereocenters. The van der Waals surface area contributed by atoms with Gasteiger partial charge in [0.2, 0.25) is 0 Å². The number of rotatable bonds is 4. The number of piperidine rings is 1. The molecular formula is C22H26N2S. The molecule has 0 spiro atoms. The van der Waals surface area contributed by atoms with Crippen LogP contribution >= 0.6 is 12.2 Å². The Morgan fingerprint density at radius 3 is 2.20 bits per heavy atom. The molecule has 4 rings (SSSR count). The van der Waals surface area contributed by atoms with Crippen LogP contribution < -0.4 is 0 Å². The Hall–Kier alpha value is -1.71. The van der Waals surface area contributed by atoms with Crippen LogP contribution in [0.2, 0.25) is 0 Å². The van der Waals surface area contributed by atoms with E-state index in [2.05, 4.69) is 70.5 Å². The number of nitrogens with zero attached hydrogens (tertiary/aromatic N) is 2. The molecule has 0 N–H and O–H groups in total. The minimum Gasteiger partial charge on any atom is -0.355 e. The first-order valence-corrected chi connectivity index (χ1v) is 9.84. The lowest BCUT2D eigenvalue weighted by atomic mass is 9.90. The molecule has 25 heavy (non-hydrogen) atoms. The number of hydrogen-bond acceptors (Lipinski definition) is 2.